The zero-order valence-electron chi connectivity index (χ0n) is 12.1. The molecule has 0 saturated carbocycles. The van der Waals surface area contributed by atoms with Crippen LogP contribution in [-0.2, 0) is 14.3 Å². The minimum absolute atomic E-state index is 0. The predicted molar refractivity (Wildman–Crippen MR) is 73.8 cm³/mol. The van der Waals surface area contributed by atoms with Crippen molar-refractivity contribution in [2.45, 2.75) is 46.0 Å². The number of hydrogen-bond donors (Lipinski definition) is 1. The van der Waals surface area contributed by atoms with Gasteiger partial charge in [-0.1, -0.05) is 26.2 Å². The molecule has 5 heteroatoms. The molecule has 0 fully saturated rings. The number of carbonyl (C=O) groups is 2. The summed E-state index contributed by atoms with van der Waals surface area (Å²) in [5.41, 5.74) is 0. The van der Waals surface area contributed by atoms with Gasteiger partial charge in [0.2, 0.25) is 0 Å². The molecule has 0 spiro atoms. The molecular formula is C14H22NaO4. The normalized spacial score (nSPS) is 22.4. The molecule has 0 aromatic rings. The monoisotopic (exact) mass is 277 g/mol. The van der Waals surface area contributed by atoms with E-state index in [0.29, 0.717) is 6.42 Å². The second kappa shape index (κ2) is 9.56. The molecule has 1 N–H and O–H groups in total. The summed E-state index contributed by atoms with van der Waals surface area (Å²) in [5, 5.41) is 9.52. The van der Waals surface area contributed by atoms with Gasteiger partial charge in [0.1, 0.15) is 5.92 Å². The molecule has 1 radical (unpaired) electrons. The van der Waals surface area contributed by atoms with Crippen molar-refractivity contribution in [3.05, 3.63) is 11.8 Å². The minimum atomic E-state index is -0.724. The maximum absolute atomic E-state index is 11.8. The third kappa shape index (κ3) is 5.67. The Morgan fingerprint density at radius 2 is 2.11 bits per heavy atom. The fraction of sp³-hybridized carbons (Fsp3) is 0.714. The average Bonchev–Trinajstić information content (AvgIpc) is 2.28. The molecule has 0 heterocycles. The van der Waals surface area contributed by atoms with Gasteiger partial charge in [0, 0.05) is 42.1 Å². The van der Waals surface area contributed by atoms with E-state index < -0.39 is 11.9 Å². The van der Waals surface area contributed by atoms with E-state index >= 15 is 0 Å². The van der Waals surface area contributed by atoms with Crippen molar-refractivity contribution in [3.63, 3.8) is 0 Å². The minimum Gasteiger partial charge on any atom is -0.512 e. The molecule has 0 amide bonds. The standard InChI is InChI=1S/C14H22O4.Na/c1-3-5-6-7-10-8-11(15)9-12(16)13(10)14(17)18-4-2;/h9-10,13,15H,3-8H2,1-2H3;. The van der Waals surface area contributed by atoms with Crippen LogP contribution in [-0.4, -0.2) is 53.0 Å². The SMILES string of the molecule is CCCCCC1CC(O)=CC(=O)C1C(=O)OCC.[Na]. The summed E-state index contributed by atoms with van der Waals surface area (Å²) in [4.78, 5) is 23.6. The summed E-state index contributed by atoms with van der Waals surface area (Å²) < 4.78 is 4.95. The Morgan fingerprint density at radius 3 is 2.68 bits per heavy atom. The summed E-state index contributed by atoms with van der Waals surface area (Å²) in [6, 6.07) is 0. The van der Waals surface area contributed by atoms with Gasteiger partial charge in [-0.25, -0.2) is 0 Å². The van der Waals surface area contributed by atoms with Crippen molar-refractivity contribution in [1.82, 2.24) is 0 Å². The number of unbranched alkanes of at least 4 members (excludes halogenated alkanes) is 2. The Hall–Kier alpha value is -0.320. The van der Waals surface area contributed by atoms with Crippen molar-refractivity contribution in [2.24, 2.45) is 11.8 Å². The second-order valence-electron chi connectivity index (χ2n) is 4.73. The fourth-order valence-corrected chi connectivity index (χ4v) is 2.40. The summed E-state index contributed by atoms with van der Waals surface area (Å²) in [6.45, 7) is 4.11. The summed E-state index contributed by atoms with van der Waals surface area (Å²) in [6.07, 6.45) is 5.48. The van der Waals surface area contributed by atoms with E-state index in [9.17, 15) is 14.7 Å². The molecule has 0 aliphatic heterocycles. The van der Waals surface area contributed by atoms with Gasteiger partial charge in [-0.15, -0.1) is 0 Å². The van der Waals surface area contributed by atoms with Crippen LogP contribution in [0.3, 0.4) is 0 Å². The molecule has 103 valence electrons. The van der Waals surface area contributed by atoms with Crippen LogP contribution in [0.15, 0.2) is 11.8 Å². The third-order valence-electron chi connectivity index (χ3n) is 3.28. The van der Waals surface area contributed by atoms with Gasteiger partial charge < -0.3 is 9.84 Å². The number of carbonyl (C=O) groups excluding carboxylic acids is 2. The Labute approximate surface area is 136 Å². The van der Waals surface area contributed by atoms with E-state index in [1.165, 1.54) is 0 Å². The van der Waals surface area contributed by atoms with Crippen LogP contribution in [0.2, 0.25) is 0 Å². The average molecular weight is 277 g/mol. The number of rotatable bonds is 6. The summed E-state index contributed by atoms with van der Waals surface area (Å²) >= 11 is 0. The van der Waals surface area contributed by atoms with Crippen molar-refractivity contribution in [2.75, 3.05) is 6.61 Å². The first-order chi connectivity index (χ1) is 8.60. The van der Waals surface area contributed by atoms with E-state index in [1.807, 2.05) is 0 Å². The van der Waals surface area contributed by atoms with Gasteiger partial charge >= 0.3 is 5.97 Å². The number of ketones is 1. The Kier molecular flexibility index (Phi) is 9.40. The van der Waals surface area contributed by atoms with Crippen molar-refractivity contribution >= 4 is 41.3 Å². The van der Waals surface area contributed by atoms with Crippen molar-refractivity contribution < 1.29 is 19.4 Å². The zero-order chi connectivity index (χ0) is 13.5. The van der Waals surface area contributed by atoms with E-state index in [4.69, 9.17) is 4.74 Å². The van der Waals surface area contributed by atoms with Gasteiger partial charge in [0.25, 0.3) is 0 Å². The number of allylic oxidation sites excluding steroid dienone is 2. The van der Waals surface area contributed by atoms with Crippen LogP contribution >= 0.6 is 0 Å². The van der Waals surface area contributed by atoms with Gasteiger partial charge in [0.15, 0.2) is 5.78 Å². The molecule has 0 bridgehead atoms. The number of hydrogen-bond acceptors (Lipinski definition) is 4. The quantitative estimate of drug-likeness (QED) is 0.350. The van der Waals surface area contributed by atoms with Gasteiger partial charge in [0.05, 0.1) is 12.4 Å². The van der Waals surface area contributed by atoms with Gasteiger partial charge in [-0.2, -0.15) is 0 Å². The first kappa shape index (κ1) is 18.7. The largest absolute Gasteiger partial charge is 0.512 e. The van der Waals surface area contributed by atoms with Gasteiger partial charge in [-0.05, 0) is 19.3 Å². The fourth-order valence-electron chi connectivity index (χ4n) is 2.40. The Balaban J connectivity index is 0.00000324. The molecule has 4 nitrogen and oxygen atoms in total. The number of ether oxygens (including phenoxy) is 1. The molecule has 1 rings (SSSR count). The maximum Gasteiger partial charge on any atom is 0.317 e. The summed E-state index contributed by atoms with van der Waals surface area (Å²) in [7, 11) is 0. The third-order valence-corrected chi connectivity index (χ3v) is 3.28. The molecule has 2 atom stereocenters. The first-order valence-electron chi connectivity index (χ1n) is 6.70. The van der Waals surface area contributed by atoms with E-state index in [-0.39, 0.29) is 53.6 Å². The molecule has 1 aliphatic carbocycles. The Bertz CT molecular complexity index is 338. The molecule has 0 saturated heterocycles. The van der Waals surface area contributed by atoms with E-state index in [0.717, 1.165) is 31.8 Å². The number of aliphatic hydroxyl groups excluding tert-OH is 1. The smallest absolute Gasteiger partial charge is 0.317 e. The Morgan fingerprint density at radius 1 is 1.42 bits per heavy atom. The molecule has 0 aromatic heterocycles. The summed E-state index contributed by atoms with van der Waals surface area (Å²) in [5.74, 6) is -1.53. The van der Waals surface area contributed by atoms with E-state index in [2.05, 4.69) is 6.92 Å². The van der Waals surface area contributed by atoms with Crippen LogP contribution in [0.5, 0.6) is 0 Å². The van der Waals surface area contributed by atoms with Crippen molar-refractivity contribution in [3.8, 4) is 0 Å². The maximum atomic E-state index is 11.8. The second-order valence-corrected chi connectivity index (χ2v) is 4.73. The van der Waals surface area contributed by atoms with Crippen LogP contribution in [0, 0.1) is 11.8 Å². The van der Waals surface area contributed by atoms with Crippen LogP contribution in [0.25, 0.3) is 0 Å². The van der Waals surface area contributed by atoms with Crippen molar-refractivity contribution in [1.29, 1.82) is 0 Å². The molecule has 1 aliphatic rings. The zero-order valence-corrected chi connectivity index (χ0v) is 14.1. The molecule has 19 heavy (non-hydrogen) atoms. The van der Waals surface area contributed by atoms with Gasteiger partial charge in [-0.3, -0.25) is 9.59 Å². The van der Waals surface area contributed by atoms with E-state index in [1.54, 1.807) is 6.92 Å². The first-order valence-corrected chi connectivity index (χ1v) is 6.70. The van der Waals surface area contributed by atoms with Crippen LogP contribution < -0.4 is 0 Å². The van der Waals surface area contributed by atoms with Crippen LogP contribution in [0.1, 0.15) is 46.0 Å². The van der Waals surface area contributed by atoms with Crippen LogP contribution in [0.4, 0.5) is 0 Å². The number of esters is 1. The number of aliphatic hydroxyl groups is 1. The molecular weight excluding hydrogens is 255 g/mol. The predicted octanol–water partition coefficient (Wildman–Crippen LogP) is 2.40. The topological polar surface area (TPSA) is 63.6 Å². The molecule has 0 aromatic carbocycles. The molecule has 2 unspecified atom stereocenters.